The van der Waals surface area contributed by atoms with Gasteiger partial charge < -0.3 is 18.5 Å². The van der Waals surface area contributed by atoms with Gasteiger partial charge in [-0.15, -0.1) is 10.2 Å². The largest absolute Gasteiger partial charge is 0.484 e. The topological polar surface area (TPSA) is 79.4 Å². The molecule has 0 atom stereocenters. The average Bonchev–Trinajstić information content (AvgIpc) is 3.24. The van der Waals surface area contributed by atoms with E-state index in [0.717, 1.165) is 36.0 Å². The summed E-state index contributed by atoms with van der Waals surface area (Å²) >= 11 is 0. The van der Waals surface area contributed by atoms with Gasteiger partial charge in [-0.2, -0.15) is 0 Å². The van der Waals surface area contributed by atoms with Crippen molar-refractivity contribution >= 4 is 16.9 Å². The molecule has 0 unspecified atom stereocenters. The molecule has 0 fully saturated rings. The molecule has 0 aliphatic carbocycles. The van der Waals surface area contributed by atoms with Gasteiger partial charge in [-0.05, 0) is 38.5 Å². The number of nitrogens with zero attached hydrogens (tertiary/aromatic N) is 3. The van der Waals surface area contributed by atoms with Crippen molar-refractivity contribution in [2.75, 3.05) is 6.61 Å². The van der Waals surface area contributed by atoms with E-state index in [1.165, 1.54) is 6.39 Å². The Hall–Kier alpha value is -2.83. The molecule has 0 radical (unpaired) electrons. The molecule has 0 aliphatic heterocycles. The lowest BCUT2D eigenvalue weighted by Crippen LogP contribution is -2.07. The fourth-order valence-corrected chi connectivity index (χ4v) is 3.02. The van der Waals surface area contributed by atoms with Gasteiger partial charge in [0, 0.05) is 23.1 Å². The van der Waals surface area contributed by atoms with Gasteiger partial charge in [0.05, 0.1) is 12.2 Å². The molecule has 0 aliphatic rings. The molecule has 0 saturated carbocycles. The van der Waals surface area contributed by atoms with E-state index in [2.05, 4.69) is 21.7 Å². The molecule has 0 saturated heterocycles. The van der Waals surface area contributed by atoms with Crippen molar-refractivity contribution in [1.82, 2.24) is 14.8 Å². The van der Waals surface area contributed by atoms with E-state index in [9.17, 15) is 4.79 Å². The molecule has 2 heterocycles. The van der Waals surface area contributed by atoms with Gasteiger partial charge >= 0.3 is 5.97 Å². The van der Waals surface area contributed by atoms with Crippen molar-refractivity contribution in [2.24, 2.45) is 0 Å². The van der Waals surface area contributed by atoms with Crippen LogP contribution in [0.4, 0.5) is 0 Å². The Kier molecular flexibility index (Phi) is 5.55. The van der Waals surface area contributed by atoms with Gasteiger partial charge in [0.1, 0.15) is 5.75 Å². The first kappa shape index (κ1) is 18.0. The van der Waals surface area contributed by atoms with Crippen molar-refractivity contribution in [1.29, 1.82) is 0 Å². The van der Waals surface area contributed by atoms with E-state index in [-0.39, 0.29) is 12.6 Å². The lowest BCUT2D eigenvalue weighted by molar-refractivity contribution is 0.0527. The number of aryl methyl sites for hydroxylation is 1. The minimum absolute atomic E-state index is 0.176. The minimum atomic E-state index is -0.306. The Morgan fingerprint density at radius 1 is 1.31 bits per heavy atom. The van der Waals surface area contributed by atoms with Gasteiger partial charge in [0.2, 0.25) is 6.39 Å². The zero-order valence-electron chi connectivity index (χ0n) is 15.3. The molecule has 7 nitrogen and oxygen atoms in total. The molecular formula is C19H23N3O4. The maximum Gasteiger partial charge on any atom is 0.340 e. The first-order valence-electron chi connectivity index (χ1n) is 8.83. The van der Waals surface area contributed by atoms with E-state index < -0.39 is 0 Å². The van der Waals surface area contributed by atoms with Crippen LogP contribution >= 0.6 is 0 Å². The number of carbonyl (C=O) groups is 1. The third kappa shape index (κ3) is 3.56. The zero-order chi connectivity index (χ0) is 18.5. The smallest absolute Gasteiger partial charge is 0.340 e. The molecule has 7 heteroatoms. The van der Waals surface area contributed by atoms with Gasteiger partial charge in [-0.3, -0.25) is 0 Å². The third-order valence-electron chi connectivity index (χ3n) is 4.28. The number of benzene rings is 1. The number of unbranched alkanes of at least 4 members (excludes halogenated alkanes) is 1. The Balaban J connectivity index is 1.99. The molecule has 0 N–H and O–H groups in total. The number of aromatic nitrogens is 3. The Morgan fingerprint density at radius 3 is 2.85 bits per heavy atom. The van der Waals surface area contributed by atoms with Crippen LogP contribution in [0.5, 0.6) is 5.75 Å². The highest BCUT2D eigenvalue weighted by molar-refractivity contribution is 6.06. The monoisotopic (exact) mass is 357 g/mol. The number of hydrogen-bond donors (Lipinski definition) is 0. The van der Waals surface area contributed by atoms with Crippen LogP contribution < -0.4 is 4.74 Å². The number of carbonyl (C=O) groups excluding carboxylic acids is 1. The van der Waals surface area contributed by atoms with Crippen LogP contribution in [-0.4, -0.2) is 27.3 Å². The molecule has 2 aromatic heterocycles. The fraction of sp³-hybridized carbons (Fsp3) is 0.421. The minimum Gasteiger partial charge on any atom is -0.484 e. The summed E-state index contributed by atoms with van der Waals surface area (Å²) < 4.78 is 18.2. The first-order chi connectivity index (χ1) is 12.7. The molecule has 0 spiro atoms. The summed E-state index contributed by atoms with van der Waals surface area (Å²) in [5, 5.41) is 8.25. The van der Waals surface area contributed by atoms with Crippen molar-refractivity contribution in [3.8, 4) is 5.75 Å². The normalized spacial score (nSPS) is 11.0. The van der Waals surface area contributed by atoms with E-state index in [1.54, 1.807) is 0 Å². The second kappa shape index (κ2) is 8.03. The molecular weight excluding hydrogens is 334 g/mol. The van der Waals surface area contributed by atoms with Crippen LogP contribution in [0.25, 0.3) is 10.9 Å². The summed E-state index contributed by atoms with van der Waals surface area (Å²) in [6.07, 6.45) is 3.39. The fourth-order valence-electron chi connectivity index (χ4n) is 3.02. The maximum atomic E-state index is 12.5. The molecule has 3 rings (SSSR count). The van der Waals surface area contributed by atoms with Crippen LogP contribution in [0.3, 0.4) is 0 Å². The van der Waals surface area contributed by atoms with E-state index >= 15 is 0 Å². The van der Waals surface area contributed by atoms with E-state index in [0.29, 0.717) is 23.8 Å². The van der Waals surface area contributed by atoms with Gasteiger partial charge in [-0.1, -0.05) is 13.3 Å². The average molecular weight is 357 g/mol. The zero-order valence-corrected chi connectivity index (χ0v) is 15.3. The summed E-state index contributed by atoms with van der Waals surface area (Å²) in [6, 6.07) is 5.73. The van der Waals surface area contributed by atoms with Crippen LogP contribution in [0, 0.1) is 6.92 Å². The summed E-state index contributed by atoms with van der Waals surface area (Å²) in [4.78, 5) is 12.5. The van der Waals surface area contributed by atoms with Crippen molar-refractivity contribution in [2.45, 2.75) is 46.8 Å². The molecule has 1 aromatic carbocycles. The van der Waals surface area contributed by atoms with Crippen LogP contribution in [0.1, 0.15) is 48.6 Å². The highest BCUT2D eigenvalue weighted by Gasteiger charge is 2.21. The molecule has 26 heavy (non-hydrogen) atoms. The second-order valence-corrected chi connectivity index (χ2v) is 5.99. The summed E-state index contributed by atoms with van der Waals surface area (Å²) in [5.74, 6) is 0.723. The van der Waals surface area contributed by atoms with Gasteiger partial charge in [-0.25, -0.2) is 4.79 Å². The standard InChI is InChI=1S/C19H23N3O4/c1-4-6-9-22-13(3)18(19(23)24-5-2)15-10-14(7-8-16(15)22)25-11-17-21-20-12-26-17/h7-8,10,12H,4-6,9,11H2,1-3H3. The number of rotatable bonds is 8. The van der Waals surface area contributed by atoms with E-state index in [4.69, 9.17) is 13.9 Å². The lowest BCUT2D eigenvalue weighted by Gasteiger charge is -2.08. The van der Waals surface area contributed by atoms with Crippen LogP contribution in [0.15, 0.2) is 29.0 Å². The highest BCUT2D eigenvalue weighted by Crippen LogP contribution is 2.30. The second-order valence-electron chi connectivity index (χ2n) is 5.99. The SMILES string of the molecule is CCCCn1c(C)c(C(=O)OCC)c2cc(OCc3nnco3)ccc21. The quantitative estimate of drug-likeness (QED) is 0.569. The van der Waals surface area contributed by atoms with E-state index in [1.807, 2.05) is 32.0 Å². The Labute approximate surface area is 151 Å². The Morgan fingerprint density at radius 2 is 2.15 bits per heavy atom. The Bertz CT molecular complexity index is 884. The maximum absolute atomic E-state index is 12.5. The number of hydrogen-bond acceptors (Lipinski definition) is 6. The van der Waals surface area contributed by atoms with Gasteiger partial charge in [0.25, 0.3) is 5.89 Å². The lowest BCUT2D eigenvalue weighted by atomic mass is 10.1. The third-order valence-corrected chi connectivity index (χ3v) is 4.28. The number of fused-ring (bicyclic) bond motifs is 1. The molecule has 138 valence electrons. The van der Waals surface area contributed by atoms with Crippen molar-refractivity contribution in [3.63, 3.8) is 0 Å². The summed E-state index contributed by atoms with van der Waals surface area (Å²) in [7, 11) is 0. The molecule has 0 bridgehead atoms. The first-order valence-corrected chi connectivity index (χ1v) is 8.83. The van der Waals surface area contributed by atoms with Crippen LogP contribution in [0.2, 0.25) is 0 Å². The highest BCUT2D eigenvalue weighted by atomic mass is 16.5. The predicted octanol–water partition coefficient (Wildman–Crippen LogP) is 3.89. The van der Waals surface area contributed by atoms with Crippen molar-refractivity contribution < 1.29 is 18.7 Å². The molecule has 0 amide bonds. The predicted molar refractivity (Wildman–Crippen MR) is 96.2 cm³/mol. The summed E-state index contributed by atoms with van der Waals surface area (Å²) in [5.41, 5.74) is 2.52. The van der Waals surface area contributed by atoms with Gasteiger partial charge in [0.15, 0.2) is 6.61 Å². The number of esters is 1. The molecule has 3 aromatic rings. The summed E-state index contributed by atoms with van der Waals surface area (Å²) in [6.45, 7) is 7.30. The number of ether oxygens (including phenoxy) is 2. The van der Waals surface area contributed by atoms with Crippen LogP contribution in [-0.2, 0) is 17.9 Å². The van der Waals surface area contributed by atoms with Crippen molar-refractivity contribution in [3.05, 3.63) is 41.7 Å².